The highest BCUT2D eigenvalue weighted by molar-refractivity contribution is 5.88. The average Bonchev–Trinajstić information content (AvgIpc) is 2.67. The van der Waals surface area contributed by atoms with Crippen molar-refractivity contribution < 1.29 is 18.3 Å². The standard InChI is InChI=1S/C22H23F2N5O2/c1-11-7-29(8-18(31-11)14-9-30-10-14)22-27-19(16-5-4-15(23)6-17(16)24)20-21(28-22)26-13(3)12(2)25-20/h4-6,11,14,18H,7-10H2,1-3H3/t11-,18+/m1/s1. The predicted molar refractivity (Wildman–Crippen MR) is 111 cm³/mol. The van der Waals surface area contributed by atoms with Gasteiger partial charge in [0, 0.05) is 30.6 Å². The zero-order valence-electron chi connectivity index (χ0n) is 17.6. The van der Waals surface area contributed by atoms with Gasteiger partial charge in [-0.25, -0.2) is 23.7 Å². The SMILES string of the molecule is Cc1nc2nc(N3C[C@@H](C)O[C@H](C4COC4)C3)nc(-c3ccc(F)cc3F)c2nc1C. The van der Waals surface area contributed by atoms with E-state index < -0.39 is 11.6 Å². The van der Waals surface area contributed by atoms with Crippen molar-refractivity contribution in [1.29, 1.82) is 0 Å². The Morgan fingerprint density at radius 1 is 1.00 bits per heavy atom. The second-order valence-corrected chi connectivity index (χ2v) is 8.25. The van der Waals surface area contributed by atoms with Crippen LogP contribution in [0.3, 0.4) is 0 Å². The van der Waals surface area contributed by atoms with Crippen molar-refractivity contribution in [2.75, 3.05) is 31.2 Å². The van der Waals surface area contributed by atoms with Gasteiger partial charge < -0.3 is 14.4 Å². The minimum atomic E-state index is -0.703. The van der Waals surface area contributed by atoms with Gasteiger partial charge in [0.15, 0.2) is 5.65 Å². The number of rotatable bonds is 3. The van der Waals surface area contributed by atoms with Crippen LogP contribution >= 0.6 is 0 Å². The molecule has 2 atom stereocenters. The molecule has 4 heterocycles. The first-order valence-electron chi connectivity index (χ1n) is 10.4. The molecule has 0 saturated carbocycles. The second-order valence-electron chi connectivity index (χ2n) is 8.25. The molecular weight excluding hydrogens is 404 g/mol. The van der Waals surface area contributed by atoms with E-state index in [9.17, 15) is 8.78 Å². The molecule has 9 heteroatoms. The summed E-state index contributed by atoms with van der Waals surface area (Å²) in [6.45, 7) is 8.25. The van der Waals surface area contributed by atoms with Crippen molar-refractivity contribution in [1.82, 2.24) is 19.9 Å². The van der Waals surface area contributed by atoms with Gasteiger partial charge >= 0.3 is 0 Å². The van der Waals surface area contributed by atoms with E-state index in [2.05, 4.69) is 15.0 Å². The van der Waals surface area contributed by atoms with E-state index in [-0.39, 0.29) is 17.8 Å². The number of anilines is 1. The summed E-state index contributed by atoms with van der Waals surface area (Å²) in [5, 5.41) is 0. The molecule has 1 aromatic carbocycles. The molecule has 0 amide bonds. The Balaban J connectivity index is 1.64. The highest BCUT2D eigenvalue weighted by Gasteiger charge is 2.36. The molecule has 2 aromatic heterocycles. The second kappa shape index (κ2) is 7.72. The first-order chi connectivity index (χ1) is 14.9. The van der Waals surface area contributed by atoms with Crippen molar-refractivity contribution >= 4 is 17.1 Å². The van der Waals surface area contributed by atoms with Crippen LogP contribution in [0.4, 0.5) is 14.7 Å². The van der Waals surface area contributed by atoms with Crippen LogP contribution in [0.2, 0.25) is 0 Å². The summed E-state index contributed by atoms with van der Waals surface area (Å²) in [4.78, 5) is 20.5. The minimum absolute atomic E-state index is 0.00800. The lowest BCUT2D eigenvalue weighted by molar-refractivity contribution is -0.135. The largest absolute Gasteiger partial charge is 0.380 e. The number of benzene rings is 1. The molecule has 0 bridgehead atoms. The van der Waals surface area contributed by atoms with Crippen molar-refractivity contribution in [3.05, 3.63) is 41.2 Å². The number of aromatic nitrogens is 4. The number of ether oxygens (including phenoxy) is 2. The molecule has 0 spiro atoms. The van der Waals surface area contributed by atoms with Gasteiger partial charge in [-0.2, -0.15) is 4.98 Å². The Morgan fingerprint density at radius 2 is 1.77 bits per heavy atom. The summed E-state index contributed by atoms with van der Waals surface area (Å²) in [6, 6.07) is 3.44. The first-order valence-corrected chi connectivity index (χ1v) is 10.4. The van der Waals surface area contributed by atoms with E-state index in [0.29, 0.717) is 60.7 Å². The molecule has 5 rings (SSSR count). The third kappa shape index (κ3) is 3.72. The molecule has 0 N–H and O–H groups in total. The third-order valence-corrected chi connectivity index (χ3v) is 5.87. The van der Waals surface area contributed by atoms with Crippen LogP contribution < -0.4 is 4.90 Å². The van der Waals surface area contributed by atoms with Gasteiger partial charge in [0.2, 0.25) is 5.95 Å². The molecule has 2 saturated heterocycles. The number of halogens is 2. The Labute approximate surface area is 178 Å². The summed E-state index contributed by atoms with van der Waals surface area (Å²) in [5.74, 6) is -0.579. The molecule has 2 aliphatic rings. The maximum atomic E-state index is 14.7. The minimum Gasteiger partial charge on any atom is -0.380 e. The molecule has 0 radical (unpaired) electrons. The van der Waals surface area contributed by atoms with Gasteiger partial charge in [-0.3, -0.25) is 0 Å². The summed E-state index contributed by atoms with van der Waals surface area (Å²) >= 11 is 0. The van der Waals surface area contributed by atoms with Gasteiger partial charge in [0.05, 0.1) is 36.8 Å². The van der Waals surface area contributed by atoms with Crippen molar-refractivity contribution in [3.8, 4) is 11.3 Å². The van der Waals surface area contributed by atoms with Crippen LogP contribution in [-0.2, 0) is 9.47 Å². The number of hydrogen-bond acceptors (Lipinski definition) is 7. The number of morpholine rings is 1. The first kappa shape index (κ1) is 20.1. The van der Waals surface area contributed by atoms with Crippen molar-refractivity contribution in [2.45, 2.75) is 33.0 Å². The quantitative estimate of drug-likeness (QED) is 0.635. The fraction of sp³-hybridized carbons (Fsp3) is 0.455. The van der Waals surface area contributed by atoms with Crippen LogP contribution in [0.15, 0.2) is 18.2 Å². The van der Waals surface area contributed by atoms with Gasteiger partial charge in [-0.15, -0.1) is 0 Å². The average molecular weight is 427 g/mol. The number of fused-ring (bicyclic) bond motifs is 1. The number of aryl methyl sites for hydroxylation is 2. The van der Waals surface area contributed by atoms with Gasteiger partial charge in [-0.1, -0.05) is 0 Å². The molecule has 31 heavy (non-hydrogen) atoms. The van der Waals surface area contributed by atoms with Gasteiger partial charge in [0.25, 0.3) is 0 Å². The Morgan fingerprint density at radius 3 is 2.48 bits per heavy atom. The van der Waals surface area contributed by atoms with E-state index in [0.717, 1.165) is 11.8 Å². The zero-order chi connectivity index (χ0) is 21.7. The summed E-state index contributed by atoms with van der Waals surface area (Å²) in [5.41, 5.74) is 2.69. The van der Waals surface area contributed by atoms with Crippen molar-refractivity contribution in [2.24, 2.45) is 5.92 Å². The predicted octanol–water partition coefficient (Wildman–Crippen LogP) is 3.22. The van der Waals surface area contributed by atoms with Crippen LogP contribution in [0.25, 0.3) is 22.4 Å². The molecule has 3 aromatic rings. The highest BCUT2D eigenvalue weighted by atomic mass is 19.1. The van der Waals surface area contributed by atoms with Gasteiger partial charge in [0.1, 0.15) is 22.8 Å². The topological polar surface area (TPSA) is 73.3 Å². The lowest BCUT2D eigenvalue weighted by Gasteiger charge is -2.42. The molecule has 7 nitrogen and oxygen atoms in total. The molecule has 2 fully saturated rings. The summed E-state index contributed by atoms with van der Waals surface area (Å²) < 4.78 is 39.7. The smallest absolute Gasteiger partial charge is 0.228 e. The normalized spacial score (nSPS) is 22.0. The van der Waals surface area contributed by atoms with E-state index in [1.54, 1.807) is 0 Å². The van der Waals surface area contributed by atoms with Crippen molar-refractivity contribution in [3.63, 3.8) is 0 Å². The lowest BCUT2D eigenvalue weighted by Crippen LogP contribution is -2.54. The summed E-state index contributed by atoms with van der Waals surface area (Å²) in [7, 11) is 0. The van der Waals surface area contributed by atoms with Crippen LogP contribution in [0.5, 0.6) is 0 Å². The number of hydrogen-bond donors (Lipinski definition) is 0. The van der Waals surface area contributed by atoms with Gasteiger partial charge in [-0.05, 0) is 32.9 Å². The molecular formula is C22H23F2N5O2. The zero-order valence-corrected chi connectivity index (χ0v) is 17.6. The van der Waals surface area contributed by atoms with Crippen LogP contribution in [-0.4, -0.2) is 58.4 Å². The third-order valence-electron chi connectivity index (χ3n) is 5.87. The lowest BCUT2D eigenvalue weighted by atomic mass is 9.98. The monoisotopic (exact) mass is 427 g/mol. The maximum absolute atomic E-state index is 14.7. The number of nitrogens with zero attached hydrogens (tertiary/aromatic N) is 5. The Hall–Kier alpha value is -2.78. The molecule has 0 unspecified atom stereocenters. The maximum Gasteiger partial charge on any atom is 0.228 e. The van der Waals surface area contributed by atoms with E-state index in [1.165, 1.54) is 12.1 Å². The van der Waals surface area contributed by atoms with E-state index >= 15 is 0 Å². The fourth-order valence-electron chi connectivity index (χ4n) is 3.99. The Bertz CT molecular complexity index is 1150. The molecule has 2 aliphatic heterocycles. The van der Waals surface area contributed by atoms with Crippen LogP contribution in [0, 0.1) is 31.4 Å². The Kier molecular flexibility index (Phi) is 5.02. The van der Waals surface area contributed by atoms with E-state index in [1.807, 2.05) is 25.7 Å². The highest BCUT2D eigenvalue weighted by Crippen LogP contribution is 2.31. The summed E-state index contributed by atoms with van der Waals surface area (Å²) in [6.07, 6.45) is -0.0101. The van der Waals surface area contributed by atoms with Crippen LogP contribution in [0.1, 0.15) is 18.3 Å². The molecule has 0 aliphatic carbocycles. The molecule has 162 valence electrons. The fourth-order valence-corrected chi connectivity index (χ4v) is 3.99. The van der Waals surface area contributed by atoms with E-state index in [4.69, 9.17) is 14.5 Å².